The maximum Gasteiger partial charge on any atom is 0.310 e. The van der Waals surface area contributed by atoms with Gasteiger partial charge in [0.15, 0.2) is 0 Å². The van der Waals surface area contributed by atoms with Gasteiger partial charge in [0.1, 0.15) is 6.10 Å². The smallest absolute Gasteiger partial charge is 0.310 e. The largest absolute Gasteiger partial charge is 0.460 e. The molecule has 1 aliphatic heterocycles. The Morgan fingerprint density at radius 1 is 1.18 bits per heavy atom. The summed E-state index contributed by atoms with van der Waals surface area (Å²) in [4.78, 5) is 15.2. The quantitative estimate of drug-likeness (QED) is 0.392. The Balaban J connectivity index is 1.51. The molecule has 1 aromatic carbocycles. The van der Waals surface area contributed by atoms with Crippen LogP contribution < -0.4 is 0 Å². The van der Waals surface area contributed by atoms with E-state index in [0.29, 0.717) is 12.0 Å². The number of aliphatic hydroxyl groups is 1. The van der Waals surface area contributed by atoms with Crippen molar-refractivity contribution in [3.63, 3.8) is 0 Å². The van der Waals surface area contributed by atoms with Crippen molar-refractivity contribution in [1.82, 2.24) is 9.47 Å². The molecular formula is C28H42N2O3. The van der Waals surface area contributed by atoms with Gasteiger partial charge in [-0.05, 0) is 57.4 Å². The summed E-state index contributed by atoms with van der Waals surface area (Å²) in [6, 6.07) is 7.16. The molecule has 1 fully saturated rings. The average Bonchev–Trinajstić information content (AvgIpc) is 3.15. The average molecular weight is 455 g/mol. The Kier molecular flexibility index (Phi) is 7.80. The van der Waals surface area contributed by atoms with Crippen LogP contribution >= 0.6 is 0 Å². The van der Waals surface area contributed by atoms with Gasteiger partial charge in [-0.2, -0.15) is 0 Å². The second-order valence-electron chi connectivity index (χ2n) is 10.5. The van der Waals surface area contributed by atoms with Crippen molar-refractivity contribution < 1.29 is 14.6 Å². The number of aromatic nitrogens is 1. The first-order valence-corrected chi connectivity index (χ1v) is 13.1. The Morgan fingerprint density at radius 3 is 2.70 bits per heavy atom. The van der Waals surface area contributed by atoms with E-state index in [4.69, 9.17) is 4.74 Å². The van der Waals surface area contributed by atoms with E-state index in [1.807, 2.05) is 0 Å². The minimum absolute atomic E-state index is 0.153. The first-order chi connectivity index (χ1) is 15.9. The minimum Gasteiger partial charge on any atom is -0.460 e. The number of nitrogens with zero attached hydrogens (tertiary/aromatic N) is 2. The van der Waals surface area contributed by atoms with Crippen LogP contribution in [0.1, 0.15) is 82.8 Å². The van der Waals surface area contributed by atoms with Crippen LogP contribution in [0.15, 0.2) is 24.4 Å². The Labute approximate surface area is 199 Å². The van der Waals surface area contributed by atoms with Crippen LogP contribution in [0.25, 0.3) is 10.9 Å². The molecule has 2 aromatic rings. The van der Waals surface area contributed by atoms with Crippen LogP contribution in [-0.4, -0.2) is 52.4 Å². The van der Waals surface area contributed by atoms with Crippen molar-refractivity contribution >= 4 is 16.9 Å². The summed E-state index contributed by atoms with van der Waals surface area (Å²) < 4.78 is 8.06. The van der Waals surface area contributed by atoms with Gasteiger partial charge < -0.3 is 19.3 Å². The number of rotatable bonds is 10. The highest BCUT2D eigenvalue weighted by atomic mass is 16.6. The van der Waals surface area contributed by atoms with Crippen LogP contribution in [0, 0.1) is 5.92 Å². The Hall–Kier alpha value is -1.85. The zero-order valence-electron chi connectivity index (χ0n) is 20.9. The molecule has 2 aliphatic rings. The van der Waals surface area contributed by atoms with Crippen LogP contribution in [0.5, 0.6) is 0 Å². The molecule has 1 N–H and O–H groups in total. The molecule has 5 nitrogen and oxygen atoms in total. The zero-order valence-corrected chi connectivity index (χ0v) is 20.9. The highest BCUT2D eigenvalue weighted by Crippen LogP contribution is 2.45. The number of fused-ring (bicyclic) bond motifs is 2. The number of hydrogen-bond donors (Lipinski definition) is 1. The van der Waals surface area contributed by atoms with E-state index >= 15 is 0 Å². The first kappa shape index (κ1) is 24.3. The van der Waals surface area contributed by atoms with Gasteiger partial charge in [0, 0.05) is 42.1 Å². The monoisotopic (exact) mass is 454 g/mol. The summed E-state index contributed by atoms with van der Waals surface area (Å²) in [5.74, 6) is 0.0102. The van der Waals surface area contributed by atoms with Crippen LogP contribution in [-0.2, 0) is 22.5 Å². The summed E-state index contributed by atoms with van der Waals surface area (Å²) in [7, 11) is 2.15. The molecule has 1 saturated heterocycles. The summed E-state index contributed by atoms with van der Waals surface area (Å²) in [5.41, 5.74) is 4.21. The number of carbonyl (C=O) groups is 1. The van der Waals surface area contributed by atoms with Crippen molar-refractivity contribution in [1.29, 1.82) is 0 Å². The molecule has 5 atom stereocenters. The van der Waals surface area contributed by atoms with E-state index in [1.165, 1.54) is 60.6 Å². The van der Waals surface area contributed by atoms with E-state index in [0.717, 1.165) is 25.9 Å². The standard InChI is InChI=1S/C28H42N2O3/c1-5-6-7-8-9-10-14-30-18-21-16-26-24(23-12-11-13-25(30)27(21)23)15-22(17-29(26)4)28(32)33-20(3)19(2)31/h11-13,18-20,22,24,26,31H,5-10,14-17H2,1-4H3. The number of benzene rings is 1. The van der Waals surface area contributed by atoms with Gasteiger partial charge in [-0.15, -0.1) is 0 Å². The number of aryl methyl sites for hydroxylation is 1. The van der Waals surface area contributed by atoms with Gasteiger partial charge in [0.2, 0.25) is 0 Å². The molecule has 0 radical (unpaired) electrons. The number of likely N-dealkylation sites (tertiary alicyclic amines) is 1. The number of piperidine rings is 1. The molecule has 0 spiro atoms. The molecule has 0 amide bonds. The summed E-state index contributed by atoms with van der Waals surface area (Å²) >= 11 is 0. The molecule has 1 aliphatic carbocycles. The van der Waals surface area contributed by atoms with E-state index < -0.39 is 12.2 Å². The van der Waals surface area contributed by atoms with Gasteiger partial charge in [-0.25, -0.2) is 0 Å². The number of esters is 1. The lowest BCUT2D eigenvalue weighted by molar-refractivity contribution is -0.160. The minimum atomic E-state index is -0.652. The second-order valence-corrected chi connectivity index (χ2v) is 10.5. The fourth-order valence-electron chi connectivity index (χ4n) is 5.91. The van der Waals surface area contributed by atoms with Crippen LogP contribution in [0.4, 0.5) is 0 Å². The van der Waals surface area contributed by atoms with Crippen LogP contribution in [0.2, 0.25) is 0 Å². The normalized spacial score (nSPS) is 24.5. The van der Waals surface area contributed by atoms with E-state index in [2.05, 4.69) is 47.8 Å². The molecule has 5 heteroatoms. The highest BCUT2D eigenvalue weighted by Gasteiger charge is 2.42. The maximum atomic E-state index is 12.9. The summed E-state index contributed by atoms with van der Waals surface area (Å²) in [6.07, 6.45) is 11.0. The van der Waals surface area contributed by atoms with Gasteiger partial charge >= 0.3 is 5.97 Å². The molecule has 2 heterocycles. The SMILES string of the molecule is CCCCCCCCn1cc2c3c(cccc31)C1CC(C(=O)OC(C)C(C)O)CN(C)C1C2. The molecular weight excluding hydrogens is 412 g/mol. The lowest BCUT2D eigenvalue weighted by atomic mass is 9.72. The van der Waals surface area contributed by atoms with Gasteiger partial charge in [0.05, 0.1) is 12.0 Å². The van der Waals surface area contributed by atoms with Gasteiger partial charge in [-0.3, -0.25) is 4.79 Å². The topological polar surface area (TPSA) is 54.7 Å². The zero-order chi connectivity index (χ0) is 23.5. The third-order valence-corrected chi connectivity index (χ3v) is 7.99. The molecule has 5 unspecified atom stereocenters. The lowest BCUT2D eigenvalue weighted by Gasteiger charge is -2.45. The molecule has 33 heavy (non-hydrogen) atoms. The number of likely N-dealkylation sites (N-methyl/N-ethyl adjacent to an activating group) is 1. The number of hydrogen-bond acceptors (Lipinski definition) is 4. The molecule has 4 rings (SSSR count). The van der Waals surface area contributed by atoms with Crippen LogP contribution in [0.3, 0.4) is 0 Å². The number of unbranched alkanes of at least 4 members (excludes halogenated alkanes) is 5. The number of aliphatic hydroxyl groups excluding tert-OH is 1. The third-order valence-electron chi connectivity index (χ3n) is 7.99. The van der Waals surface area contributed by atoms with Crippen molar-refractivity contribution in [2.24, 2.45) is 5.92 Å². The Morgan fingerprint density at radius 2 is 1.94 bits per heavy atom. The van der Waals surface area contributed by atoms with Gasteiger partial charge in [0.25, 0.3) is 0 Å². The van der Waals surface area contributed by atoms with Crippen molar-refractivity contribution in [2.45, 2.75) is 103 Å². The summed E-state index contributed by atoms with van der Waals surface area (Å²) in [6.45, 7) is 7.50. The molecule has 0 saturated carbocycles. The van der Waals surface area contributed by atoms with E-state index in [9.17, 15) is 9.90 Å². The molecule has 1 aromatic heterocycles. The van der Waals surface area contributed by atoms with E-state index in [1.54, 1.807) is 13.8 Å². The first-order valence-electron chi connectivity index (χ1n) is 13.1. The Bertz CT molecular complexity index is 950. The maximum absolute atomic E-state index is 12.9. The molecule has 0 bridgehead atoms. The van der Waals surface area contributed by atoms with Gasteiger partial charge in [-0.1, -0.05) is 51.2 Å². The number of ether oxygens (including phenoxy) is 1. The predicted octanol–water partition coefficient (Wildman–Crippen LogP) is 5.27. The van der Waals surface area contributed by atoms with Crippen molar-refractivity contribution in [2.75, 3.05) is 13.6 Å². The number of carbonyl (C=O) groups excluding carboxylic acids is 1. The second kappa shape index (κ2) is 10.6. The fraction of sp³-hybridized carbons (Fsp3) is 0.679. The third kappa shape index (κ3) is 5.14. The van der Waals surface area contributed by atoms with Crippen molar-refractivity contribution in [3.05, 3.63) is 35.5 Å². The van der Waals surface area contributed by atoms with E-state index in [-0.39, 0.29) is 11.9 Å². The predicted molar refractivity (Wildman–Crippen MR) is 134 cm³/mol. The summed E-state index contributed by atoms with van der Waals surface area (Å²) in [5, 5.41) is 11.2. The fourth-order valence-corrected chi connectivity index (χ4v) is 5.91. The van der Waals surface area contributed by atoms with Crippen molar-refractivity contribution in [3.8, 4) is 0 Å². The lowest BCUT2D eigenvalue weighted by Crippen LogP contribution is -2.50. The highest BCUT2D eigenvalue weighted by molar-refractivity contribution is 5.89. The molecule has 182 valence electrons.